The van der Waals surface area contributed by atoms with Gasteiger partial charge in [0.05, 0.1) is 0 Å². The maximum absolute atomic E-state index is 9.94. The molecule has 1 heterocycles. The fraction of sp³-hybridized carbons (Fsp3) is 0.571. The molecule has 0 amide bonds. The first-order chi connectivity index (χ1) is 4.83. The summed E-state index contributed by atoms with van der Waals surface area (Å²) in [6, 6.07) is 0. The van der Waals surface area contributed by atoms with Crippen LogP contribution in [0.4, 0.5) is 0 Å². The van der Waals surface area contributed by atoms with Gasteiger partial charge in [-0.25, -0.2) is 0 Å². The summed E-state index contributed by atoms with van der Waals surface area (Å²) in [7, 11) is 0. The summed E-state index contributed by atoms with van der Waals surface area (Å²) in [6.07, 6.45) is 0. The Bertz CT molecular complexity index is 183. The molecule has 54 valence electrons. The molecule has 3 heteroatoms. The summed E-state index contributed by atoms with van der Waals surface area (Å²) < 4.78 is 9.58. The molecule has 0 unspecified atom stereocenters. The highest BCUT2D eigenvalue weighted by Gasteiger charge is 2.38. The summed E-state index contributed by atoms with van der Waals surface area (Å²) in [6.45, 7) is 2.90. The summed E-state index contributed by atoms with van der Waals surface area (Å²) in [4.78, 5) is 9.94. The van der Waals surface area contributed by atoms with Crippen molar-refractivity contribution in [1.82, 2.24) is 0 Å². The zero-order chi connectivity index (χ0) is 7.45. The van der Waals surface area contributed by atoms with Crippen molar-refractivity contribution in [1.29, 1.82) is 0 Å². The fourth-order valence-electron chi connectivity index (χ4n) is 0.777. The monoisotopic (exact) mass is 140 g/mol. The second-order valence-corrected chi connectivity index (χ2v) is 2.08. The van der Waals surface area contributed by atoms with E-state index in [-0.39, 0.29) is 0 Å². The lowest BCUT2D eigenvalue weighted by molar-refractivity contribution is -0.179. The molecule has 3 nitrogen and oxygen atoms in total. The van der Waals surface area contributed by atoms with E-state index in [0.717, 1.165) is 0 Å². The van der Waals surface area contributed by atoms with Gasteiger partial charge in [-0.05, 0) is 6.92 Å². The largest absolute Gasteiger partial charge is 0.443 e. The molecule has 0 radical (unpaired) electrons. The summed E-state index contributed by atoms with van der Waals surface area (Å²) in [5.74, 6) is 5.45. The van der Waals surface area contributed by atoms with E-state index < -0.39 is 5.60 Å². The van der Waals surface area contributed by atoms with E-state index in [9.17, 15) is 4.79 Å². The topological polar surface area (TPSA) is 35.5 Å². The van der Waals surface area contributed by atoms with E-state index in [1.807, 2.05) is 0 Å². The van der Waals surface area contributed by atoms with E-state index in [0.29, 0.717) is 19.7 Å². The smallest absolute Gasteiger partial charge is 0.294 e. The Labute approximate surface area is 59.3 Å². The minimum atomic E-state index is -0.628. The van der Waals surface area contributed by atoms with Crippen molar-refractivity contribution in [2.75, 3.05) is 13.2 Å². The number of hydrogen-bond donors (Lipinski definition) is 0. The Kier molecular flexibility index (Phi) is 1.93. The van der Waals surface area contributed by atoms with Crippen LogP contribution < -0.4 is 0 Å². The Hall–Kier alpha value is -1.01. The van der Waals surface area contributed by atoms with Crippen LogP contribution in [0, 0.1) is 11.8 Å². The molecule has 1 aliphatic heterocycles. The van der Waals surface area contributed by atoms with Crippen LogP contribution in [0.5, 0.6) is 0 Å². The average molecular weight is 140 g/mol. The van der Waals surface area contributed by atoms with Gasteiger partial charge >= 0.3 is 0 Å². The Morgan fingerprint density at radius 1 is 1.70 bits per heavy atom. The number of hydrogen-bond acceptors (Lipinski definition) is 3. The number of carbonyl (C=O) groups is 1. The Morgan fingerprint density at radius 2 is 2.40 bits per heavy atom. The minimum Gasteiger partial charge on any atom is -0.443 e. The van der Waals surface area contributed by atoms with E-state index in [2.05, 4.69) is 11.8 Å². The second kappa shape index (κ2) is 2.72. The van der Waals surface area contributed by atoms with Crippen LogP contribution in [0.25, 0.3) is 0 Å². The van der Waals surface area contributed by atoms with Crippen molar-refractivity contribution in [3.8, 4) is 11.8 Å². The van der Waals surface area contributed by atoms with E-state index >= 15 is 0 Å². The average Bonchev–Trinajstić information content (AvgIpc) is 1.84. The lowest BCUT2D eigenvalue weighted by Gasteiger charge is -2.34. The first-order valence-corrected chi connectivity index (χ1v) is 2.96. The van der Waals surface area contributed by atoms with E-state index in [4.69, 9.17) is 9.47 Å². The maximum Gasteiger partial charge on any atom is 0.294 e. The van der Waals surface area contributed by atoms with Gasteiger partial charge in [-0.15, -0.1) is 5.92 Å². The Morgan fingerprint density at radius 3 is 2.70 bits per heavy atom. The minimum absolute atomic E-state index is 0.395. The van der Waals surface area contributed by atoms with Crippen molar-refractivity contribution in [2.24, 2.45) is 0 Å². The first-order valence-electron chi connectivity index (χ1n) is 2.96. The van der Waals surface area contributed by atoms with Crippen LogP contribution in [-0.4, -0.2) is 25.3 Å². The molecule has 0 spiro atoms. The van der Waals surface area contributed by atoms with Gasteiger partial charge in [0.2, 0.25) is 5.60 Å². The lowest BCUT2D eigenvalue weighted by atomic mass is 10.0. The van der Waals surface area contributed by atoms with Gasteiger partial charge in [-0.2, -0.15) is 0 Å². The molecule has 0 saturated carbocycles. The van der Waals surface area contributed by atoms with Gasteiger partial charge < -0.3 is 9.47 Å². The molecule has 0 bridgehead atoms. The fourth-order valence-corrected chi connectivity index (χ4v) is 0.777. The van der Waals surface area contributed by atoms with Crippen LogP contribution in [0.1, 0.15) is 6.92 Å². The van der Waals surface area contributed by atoms with Gasteiger partial charge in [-0.3, -0.25) is 4.79 Å². The quantitative estimate of drug-likeness (QED) is 0.398. The molecule has 1 saturated heterocycles. The molecule has 1 fully saturated rings. The van der Waals surface area contributed by atoms with E-state index in [1.54, 1.807) is 6.92 Å². The van der Waals surface area contributed by atoms with Crippen molar-refractivity contribution < 1.29 is 14.3 Å². The summed E-state index contributed by atoms with van der Waals surface area (Å²) in [5, 5.41) is 0. The molecule has 10 heavy (non-hydrogen) atoms. The normalized spacial score (nSPS) is 19.7. The molecule has 1 aliphatic rings. The third-order valence-corrected chi connectivity index (χ3v) is 1.30. The predicted molar refractivity (Wildman–Crippen MR) is 34.1 cm³/mol. The van der Waals surface area contributed by atoms with Gasteiger partial charge in [-0.1, -0.05) is 5.92 Å². The maximum atomic E-state index is 9.94. The zero-order valence-corrected chi connectivity index (χ0v) is 5.72. The summed E-state index contributed by atoms with van der Waals surface area (Å²) in [5.41, 5.74) is -0.628. The number of ether oxygens (including phenoxy) is 2. The number of carbonyl (C=O) groups excluding carboxylic acids is 1. The van der Waals surface area contributed by atoms with Gasteiger partial charge in [0.25, 0.3) is 6.47 Å². The molecular formula is C7H8O3. The molecule has 0 aromatic carbocycles. The van der Waals surface area contributed by atoms with Crippen LogP contribution in [0.15, 0.2) is 0 Å². The van der Waals surface area contributed by atoms with E-state index in [1.165, 1.54) is 0 Å². The first kappa shape index (κ1) is 7.10. The van der Waals surface area contributed by atoms with Crippen LogP contribution in [-0.2, 0) is 14.3 Å². The second-order valence-electron chi connectivity index (χ2n) is 2.08. The van der Waals surface area contributed by atoms with Gasteiger partial charge in [0, 0.05) is 0 Å². The van der Waals surface area contributed by atoms with Crippen LogP contribution in [0.3, 0.4) is 0 Å². The van der Waals surface area contributed by atoms with Crippen LogP contribution >= 0.6 is 0 Å². The van der Waals surface area contributed by atoms with Crippen LogP contribution in [0.2, 0.25) is 0 Å². The molecule has 0 aromatic heterocycles. The van der Waals surface area contributed by atoms with Gasteiger partial charge in [0.15, 0.2) is 0 Å². The predicted octanol–water partition coefficient (Wildman–Crippen LogP) is -0.0483. The SMILES string of the molecule is CC#CC1(OC=O)COC1. The molecule has 0 N–H and O–H groups in total. The molecule has 1 rings (SSSR count). The molecule has 0 aliphatic carbocycles. The molecular weight excluding hydrogens is 132 g/mol. The van der Waals surface area contributed by atoms with Crippen molar-refractivity contribution in [3.63, 3.8) is 0 Å². The lowest BCUT2D eigenvalue weighted by Crippen LogP contribution is -2.50. The molecule has 0 atom stereocenters. The van der Waals surface area contributed by atoms with Crippen molar-refractivity contribution in [2.45, 2.75) is 12.5 Å². The highest BCUT2D eigenvalue weighted by molar-refractivity contribution is 5.41. The standard InChI is InChI=1S/C7H8O3/c1-2-3-7(10-6-8)4-9-5-7/h6H,4-5H2,1H3. The third kappa shape index (κ3) is 1.12. The number of rotatable bonds is 2. The zero-order valence-electron chi connectivity index (χ0n) is 5.72. The molecule has 0 aromatic rings. The Balaban J connectivity index is 2.55. The highest BCUT2D eigenvalue weighted by atomic mass is 16.6. The highest BCUT2D eigenvalue weighted by Crippen LogP contribution is 2.19. The van der Waals surface area contributed by atoms with Gasteiger partial charge in [0.1, 0.15) is 13.2 Å². The third-order valence-electron chi connectivity index (χ3n) is 1.30. The van der Waals surface area contributed by atoms with Crippen molar-refractivity contribution >= 4 is 6.47 Å². The summed E-state index contributed by atoms with van der Waals surface area (Å²) >= 11 is 0. The van der Waals surface area contributed by atoms with Crippen molar-refractivity contribution in [3.05, 3.63) is 0 Å².